The van der Waals surface area contributed by atoms with Gasteiger partial charge < -0.3 is 19.3 Å². The first-order valence-corrected chi connectivity index (χ1v) is 8.19. The van der Waals surface area contributed by atoms with E-state index in [2.05, 4.69) is 18.2 Å². The average molecular weight is 332 g/mol. The molecule has 132 valence electrons. The highest BCUT2D eigenvalue weighted by molar-refractivity contribution is 5.39. The first-order chi connectivity index (χ1) is 11.3. The van der Waals surface area contributed by atoms with Crippen LogP contribution in [-0.2, 0) is 14.2 Å². The summed E-state index contributed by atoms with van der Waals surface area (Å²) in [6, 6.07) is 0. The maximum absolute atomic E-state index is 10.7. The van der Waals surface area contributed by atoms with Crippen LogP contribution in [0.15, 0.2) is 59.1 Å². The minimum absolute atomic E-state index is 0.0235. The summed E-state index contributed by atoms with van der Waals surface area (Å²) in [5.74, 6) is 1.43. The standard InChI is InChI=1S/C20H28O4/c1-13(11-18(23-6)14(2)22-5)19(21)16-7-8-17-15(12-16)9-10-20(3,4)24-17/h7-12,15,17,19,21H,1-6H3/b13-11+,18-14-. The Labute approximate surface area is 144 Å². The van der Waals surface area contributed by atoms with Crippen LogP contribution in [0.2, 0.25) is 0 Å². The molecule has 0 saturated heterocycles. The Kier molecular flexibility index (Phi) is 5.73. The number of hydrogen-bond acceptors (Lipinski definition) is 4. The molecule has 0 fully saturated rings. The second-order valence-electron chi connectivity index (χ2n) is 6.77. The highest BCUT2D eigenvalue weighted by Crippen LogP contribution is 2.32. The highest BCUT2D eigenvalue weighted by atomic mass is 16.5. The van der Waals surface area contributed by atoms with E-state index in [0.29, 0.717) is 11.5 Å². The van der Waals surface area contributed by atoms with Crippen molar-refractivity contribution in [1.29, 1.82) is 0 Å². The monoisotopic (exact) mass is 332 g/mol. The summed E-state index contributed by atoms with van der Waals surface area (Å²) in [6.45, 7) is 7.80. The fraction of sp³-hybridized carbons (Fsp3) is 0.500. The number of aliphatic hydroxyl groups is 1. The lowest BCUT2D eigenvalue weighted by atomic mass is 9.86. The highest BCUT2D eigenvalue weighted by Gasteiger charge is 2.31. The number of rotatable bonds is 5. The topological polar surface area (TPSA) is 47.9 Å². The Balaban J connectivity index is 2.20. The molecule has 0 spiro atoms. The molecular weight excluding hydrogens is 304 g/mol. The van der Waals surface area contributed by atoms with Crippen LogP contribution in [0.5, 0.6) is 0 Å². The minimum atomic E-state index is -0.694. The maximum Gasteiger partial charge on any atom is 0.156 e. The van der Waals surface area contributed by atoms with Crippen molar-refractivity contribution in [2.24, 2.45) is 5.92 Å². The van der Waals surface area contributed by atoms with E-state index in [1.807, 2.05) is 39.8 Å². The molecule has 3 unspecified atom stereocenters. The van der Waals surface area contributed by atoms with E-state index in [1.54, 1.807) is 20.3 Å². The number of ether oxygens (including phenoxy) is 3. The van der Waals surface area contributed by atoms with Gasteiger partial charge in [0.2, 0.25) is 0 Å². The molecule has 0 radical (unpaired) electrons. The molecule has 2 aliphatic rings. The number of methoxy groups -OCH3 is 2. The zero-order valence-corrected chi connectivity index (χ0v) is 15.4. The van der Waals surface area contributed by atoms with Crippen LogP contribution in [0.25, 0.3) is 0 Å². The van der Waals surface area contributed by atoms with Crippen molar-refractivity contribution in [2.75, 3.05) is 14.2 Å². The molecule has 3 atom stereocenters. The number of allylic oxidation sites excluding steroid dienone is 2. The van der Waals surface area contributed by atoms with Crippen molar-refractivity contribution in [3.63, 3.8) is 0 Å². The van der Waals surface area contributed by atoms with Gasteiger partial charge in [-0.05, 0) is 44.9 Å². The molecule has 4 heteroatoms. The van der Waals surface area contributed by atoms with E-state index in [9.17, 15) is 5.11 Å². The number of aliphatic hydroxyl groups excluding tert-OH is 1. The molecule has 1 aliphatic heterocycles. The lowest BCUT2D eigenvalue weighted by molar-refractivity contribution is -0.0396. The summed E-state index contributed by atoms with van der Waals surface area (Å²) in [7, 11) is 3.18. The van der Waals surface area contributed by atoms with E-state index < -0.39 is 6.10 Å². The first-order valence-electron chi connectivity index (χ1n) is 8.19. The number of hydrogen-bond donors (Lipinski definition) is 1. The summed E-state index contributed by atoms with van der Waals surface area (Å²) in [4.78, 5) is 0. The fourth-order valence-electron chi connectivity index (χ4n) is 2.86. The molecule has 0 saturated carbocycles. The van der Waals surface area contributed by atoms with Crippen LogP contribution in [0.1, 0.15) is 27.7 Å². The van der Waals surface area contributed by atoms with Gasteiger partial charge in [-0.15, -0.1) is 0 Å². The molecule has 1 heterocycles. The van der Waals surface area contributed by atoms with Crippen LogP contribution in [0, 0.1) is 5.92 Å². The molecule has 0 aromatic heterocycles. The van der Waals surface area contributed by atoms with Crippen molar-refractivity contribution in [3.05, 3.63) is 59.1 Å². The van der Waals surface area contributed by atoms with Gasteiger partial charge in [0.15, 0.2) is 5.76 Å². The molecule has 2 rings (SSSR count). The molecule has 24 heavy (non-hydrogen) atoms. The quantitative estimate of drug-likeness (QED) is 0.474. The van der Waals surface area contributed by atoms with Crippen LogP contribution in [-0.4, -0.2) is 37.1 Å². The maximum atomic E-state index is 10.7. The molecule has 4 nitrogen and oxygen atoms in total. The second-order valence-corrected chi connectivity index (χ2v) is 6.77. The fourth-order valence-corrected chi connectivity index (χ4v) is 2.86. The van der Waals surface area contributed by atoms with E-state index in [4.69, 9.17) is 14.2 Å². The minimum Gasteiger partial charge on any atom is -0.498 e. The van der Waals surface area contributed by atoms with Crippen LogP contribution in [0.3, 0.4) is 0 Å². The Morgan fingerprint density at radius 3 is 2.58 bits per heavy atom. The number of fused-ring (bicyclic) bond motifs is 1. The molecule has 0 bridgehead atoms. The lowest BCUT2D eigenvalue weighted by Gasteiger charge is -2.36. The van der Waals surface area contributed by atoms with Gasteiger partial charge in [-0.3, -0.25) is 0 Å². The van der Waals surface area contributed by atoms with E-state index in [0.717, 1.165) is 11.1 Å². The van der Waals surface area contributed by atoms with Gasteiger partial charge in [0.05, 0.1) is 32.0 Å². The zero-order valence-electron chi connectivity index (χ0n) is 15.4. The lowest BCUT2D eigenvalue weighted by Crippen LogP contribution is -2.37. The van der Waals surface area contributed by atoms with Gasteiger partial charge in [0, 0.05) is 5.92 Å². The largest absolute Gasteiger partial charge is 0.498 e. The molecule has 1 aliphatic carbocycles. The molecule has 0 aromatic carbocycles. The van der Waals surface area contributed by atoms with Crippen molar-refractivity contribution < 1.29 is 19.3 Å². The van der Waals surface area contributed by atoms with Gasteiger partial charge in [0.25, 0.3) is 0 Å². The van der Waals surface area contributed by atoms with Crippen LogP contribution >= 0.6 is 0 Å². The third-order valence-corrected chi connectivity index (χ3v) is 4.38. The van der Waals surface area contributed by atoms with E-state index >= 15 is 0 Å². The Morgan fingerprint density at radius 2 is 1.96 bits per heavy atom. The zero-order chi connectivity index (χ0) is 17.9. The Hall–Kier alpha value is -1.78. The molecule has 1 N–H and O–H groups in total. The van der Waals surface area contributed by atoms with Gasteiger partial charge in [0.1, 0.15) is 5.76 Å². The summed E-state index contributed by atoms with van der Waals surface area (Å²) in [6.07, 6.45) is 11.4. The van der Waals surface area contributed by atoms with Crippen molar-refractivity contribution in [3.8, 4) is 0 Å². The third kappa shape index (κ3) is 4.19. The van der Waals surface area contributed by atoms with Crippen molar-refractivity contribution in [1.82, 2.24) is 0 Å². The van der Waals surface area contributed by atoms with Gasteiger partial charge >= 0.3 is 0 Å². The van der Waals surface area contributed by atoms with Gasteiger partial charge in [-0.1, -0.05) is 30.4 Å². The molecule has 0 amide bonds. The SMILES string of the molecule is CO/C(C)=C(/C=C(\C)C(O)C1=CC2C=CC(C)(C)OC2C=C1)OC. The smallest absolute Gasteiger partial charge is 0.156 e. The second kappa shape index (κ2) is 7.41. The van der Waals surface area contributed by atoms with Crippen molar-refractivity contribution >= 4 is 0 Å². The van der Waals surface area contributed by atoms with Crippen LogP contribution in [0.4, 0.5) is 0 Å². The summed E-state index contributed by atoms with van der Waals surface area (Å²) >= 11 is 0. The Morgan fingerprint density at radius 1 is 1.25 bits per heavy atom. The van der Waals surface area contributed by atoms with Crippen LogP contribution < -0.4 is 0 Å². The Bertz CT molecular complexity index is 620. The predicted octanol–water partition coefficient (Wildman–Crippen LogP) is 3.66. The predicted molar refractivity (Wildman–Crippen MR) is 95.3 cm³/mol. The van der Waals surface area contributed by atoms with E-state index in [1.165, 1.54) is 0 Å². The normalized spacial score (nSPS) is 27.8. The average Bonchev–Trinajstić information content (AvgIpc) is 2.56. The summed E-state index contributed by atoms with van der Waals surface area (Å²) in [5.41, 5.74) is 1.41. The van der Waals surface area contributed by atoms with Gasteiger partial charge in [-0.25, -0.2) is 0 Å². The van der Waals surface area contributed by atoms with Gasteiger partial charge in [-0.2, -0.15) is 0 Å². The van der Waals surface area contributed by atoms with Crippen molar-refractivity contribution in [2.45, 2.75) is 45.5 Å². The third-order valence-electron chi connectivity index (χ3n) is 4.38. The molecule has 0 aromatic rings. The molecular formula is C20H28O4. The first kappa shape index (κ1) is 18.6. The summed E-state index contributed by atoms with van der Waals surface area (Å²) < 4.78 is 16.5. The summed E-state index contributed by atoms with van der Waals surface area (Å²) in [5, 5.41) is 10.7. The van der Waals surface area contributed by atoms with E-state index in [-0.39, 0.29) is 17.6 Å².